The van der Waals surface area contributed by atoms with Gasteiger partial charge in [-0.1, -0.05) is 30.3 Å². The molecule has 1 N–H and O–H groups in total. The predicted molar refractivity (Wildman–Crippen MR) is 55.0 cm³/mol. The lowest BCUT2D eigenvalue weighted by Crippen LogP contribution is -1.98. The van der Waals surface area contributed by atoms with Gasteiger partial charge in [-0.25, -0.2) is 0 Å². The van der Waals surface area contributed by atoms with Crippen LogP contribution in [0.1, 0.15) is 6.92 Å². The van der Waals surface area contributed by atoms with Gasteiger partial charge in [0.2, 0.25) is 5.88 Å². The van der Waals surface area contributed by atoms with E-state index in [-0.39, 0.29) is 5.88 Å². The second-order valence-corrected chi connectivity index (χ2v) is 3.07. The monoisotopic (exact) mass is 188 g/mol. The quantitative estimate of drug-likeness (QED) is 0.785. The average molecular weight is 188 g/mol. The number of hydrogen-bond donors (Lipinski definition) is 1. The van der Waals surface area contributed by atoms with E-state index < -0.39 is 0 Å². The van der Waals surface area contributed by atoms with Crippen LogP contribution in [-0.2, 0) is 6.54 Å². The van der Waals surface area contributed by atoms with E-state index >= 15 is 0 Å². The molecule has 2 aromatic rings. The first-order valence-electron chi connectivity index (χ1n) is 4.63. The molecular formula is C11H12N2O. The lowest BCUT2D eigenvalue weighted by Gasteiger charge is -2.02. The molecule has 1 aromatic heterocycles. The van der Waals surface area contributed by atoms with Crippen LogP contribution >= 0.6 is 0 Å². The molecule has 3 heteroatoms. The van der Waals surface area contributed by atoms with Crippen LogP contribution < -0.4 is 0 Å². The Labute approximate surface area is 82.6 Å². The van der Waals surface area contributed by atoms with Crippen molar-refractivity contribution in [2.24, 2.45) is 0 Å². The van der Waals surface area contributed by atoms with Gasteiger partial charge in [0, 0.05) is 12.6 Å². The number of benzene rings is 1. The molecule has 14 heavy (non-hydrogen) atoms. The summed E-state index contributed by atoms with van der Waals surface area (Å²) in [7, 11) is 0. The van der Waals surface area contributed by atoms with Crippen LogP contribution in [0.2, 0.25) is 0 Å². The maximum absolute atomic E-state index is 9.29. The van der Waals surface area contributed by atoms with Gasteiger partial charge in [-0.2, -0.15) is 0 Å². The van der Waals surface area contributed by atoms with Gasteiger partial charge in [-0.15, -0.1) is 5.10 Å². The lowest BCUT2D eigenvalue weighted by molar-refractivity contribution is 0.439. The summed E-state index contributed by atoms with van der Waals surface area (Å²) in [6.45, 7) is 2.75. The largest absolute Gasteiger partial charge is 0.492 e. The van der Waals surface area contributed by atoms with Gasteiger partial charge in [0.1, 0.15) is 0 Å². The van der Waals surface area contributed by atoms with Crippen LogP contribution in [0.3, 0.4) is 0 Å². The smallest absolute Gasteiger partial charge is 0.230 e. The highest BCUT2D eigenvalue weighted by Crippen LogP contribution is 2.22. The fraction of sp³-hybridized carbons (Fsp3) is 0.182. The Bertz CT molecular complexity index is 420. The summed E-state index contributed by atoms with van der Waals surface area (Å²) in [4.78, 5) is 0. The molecule has 0 unspecified atom stereocenters. The van der Waals surface area contributed by atoms with Gasteiger partial charge in [0.25, 0.3) is 0 Å². The van der Waals surface area contributed by atoms with Crippen LogP contribution in [0.5, 0.6) is 5.88 Å². The standard InChI is InChI=1S/C11H12N2O/c1-2-13-10(8-11(14)12-13)9-6-4-3-5-7-9/h3-8H,2H2,1H3,(H,12,14). The van der Waals surface area contributed by atoms with E-state index in [1.165, 1.54) is 0 Å². The summed E-state index contributed by atoms with van der Waals surface area (Å²) in [6.07, 6.45) is 0. The Morgan fingerprint density at radius 1 is 1.29 bits per heavy atom. The number of nitrogens with zero attached hydrogens (tertiary/aromatic N) is 2. The van der Waals surface area contributed by atoms with Gasteiger partial charge in [0.05, 0.1) is 5.69 Å². The van der Waals surface area contributed by atoms with E-state index in [0.29, 0.717) is 0 Å². The minimum absolute atomic E-state index is 0.0747. The third-order valence-corrected chi connectivity index (χ3v) is 2.14. The summed E-state index contributed by atoms with van der Waals surface area (Å²) in [5.74, 6) is 0.0747. The summed E-state index contributed by atoms with van der Waals surface area (Å²) < 4.78 is 1.78. The second kappa shape index (κ2) is 3.54. The van der Waals surface area contributed by atoms with Crippen LogP contribution in [0.4, 0.5) is 0 Å². The summed E-state index contributed by atoms with van der Waals surface area (Å²) in [5, 5.41) is 13.3. The van der Waals surface area contributed by atoms with Crippen molar-refractivity contribution in [1.82, 2.24) is 9.78 Å². The molecule has 1 aromatic carbocycles. The SMILES string of the molecule is CCn1nc(O)cc1-c1ccccc1. The molecule has 0 saturated carbocycles. The van der Waals surface area contributed by atoms with E-state index in [2.05, 4.69) is 5.10 Å². The maximum Gasteiger partial charge on any atom is 0.230 e. The van der Waals surface area contributed by atoms with Crippen LogP contribution in [0, 0.1) is 0 Å². The summed E-state index contributed by atoms with van der Waals surface area (Å²) in [5.41, 5.74) is 2.02. The minimum Gasteiger partial charge on any atom is -0.492 e. The third-order valence-electron chi connectivity index (χ3n) is 2.14. The molecule has 72 valence electrons. The zero-order chi connectivity index (χ0) is 9.97. The van der Waals surface area contributed by atoms with Gasteiger partial charge >= 0.3 is 0 Å². The Kier molecular flexibility index (Phi) is 2.23. The molecule has 2 rings (SSSR count). The van der Waals surface area contributed by atoms with Gasteiger partial charge < -0.3 is 5.11 Å². The number of aryl methyl sites for hydroxylation is 1. The van der Waals surface area contributed by atoms with Crippen molar-refractivity contribution in [2.75, 3.05) is 0 Å². The van der Waals surface area contributed by atoms with E-state index in [1.54, 1.807) is 10.7 Å². The summed E-state index contributed by atoms with van der Waals surface area (Å²) >= 11 is 0. The molecule has 0 bridgehead atoms. The first kappa shape index (κ1) is 8.81. The Hall–Kier alpha value is -1.77. The summed E-state index contributed by atoms with van der Waals surface area (Å²) in [6, 6.07) is 11.6. The van der Waals surface area contributed by atoms with E-state index in [0.717, 1.165) is 17.8 Å². The highest BCUT2D eigenvalue weighted by atomic mass is 16.3. The average Bonchev–Trinajstić information content (AvgIpc) is 2.61. The minimum atomic E-state index is 0.0747. The molecule has 0 saturated heterocycles. The van der Waals surface area contributed by atoms with Gasteiger partial charge in [0.15, 0.2) is 0 Å². The number of aromatic nitrogens is 2. The number of aromatic hydroxyl groups is 1. The molecule has 0 atom stereocenters. The zero-order valence-electron chi connectivity index (χ0n) is 8.01. The van der Waals surface area contributed by atoms with Gasteiger partial charge in [-0.3, -0.25) is 4.68 Å². The lowest BCUT2D eigenvalue weighted by atomic mass is 10.1. The Morgan fingerprint density at radius 3 is 2.64 bits per heavy atom. The maximum atomic E-state index is 9.29. The zero-order valence-corrected chi connectivity index (χ0v) is 8.01. The molecule has 0 radical (unpaired) electrons. The second-order valence-electron chi connectivity index (χ2n) is 3.07. The van der Waals surface area contributed by atoms with E-state index in [4.69, 9.17) is 0 Å². The highest BCUT2D eigenvalue weighted by molar-refractivity contribution is 5.60. The van der Waals surface area contributed by atoms with Crippen LogP contribution in [-0.4, -0.2) is 14.9 Å². The fourth-order valence-electron chi connectivity index (χ4n) is 1.49. The molecule has 0 aliphatic carbocycles. The van der Waals surface area contributed by atoms with Gasteiger partial charge in [-0.05, 0) is 12.5 Å². The predicted octanol–water partition coefficient (Wildman–Crippen LogP) is 2.28. The molecule has 1 heterocycles. The Morgan fingerprint density at radius 2 is 2.00 bits per heavy atom. The van der Waals surface area contributed by atoms with Crippen molar-refractivity contribution in [2.45, 2.75) is 13.5 Å². The van der Waals surface area contributed by atoms with Crippen molar-refractivity contribution < 1.29 is 5.11 Å². The molecule has 0 aliphatic rings. The van der Waals surface area contributed by atoms with Crippen molar-refractivity contribution in [3.05, 3.63) is 36.4 Å². The first-order valence-corrected chi connectivity index (χ1v) is 4.63. The number of hydrogen-bond acceptors (Lipinski definition) is 2. The first-order chi connectivity index (χ1) is 6.81. The molecule has 0 fully saturated rings. The van der Waals surface area contributed by atoms with Crippen molar-refractivity contribution in [3.8, 4) is 17.1 Å². The van der Waals surface area contributed by atoms with Crippen molar-refractivity contribution >= 4 is 0 Å². The fourth-order valence-corrected chi connectivity index (χ4v) is 1.49. The molecule has 0 amide bonds. The van der Waals surface area contributed by atoms with Crippen LogP contribution in [0.25, 0.3) is 11.3 Å². The molecule has 0 spiro atoms. The third kappa shape index (κ3) is 1.48. The van der Waals surface area contributed by atoms with Crippen molar-refractivity contribution in [3.63, 3.8) is 0 Å². The van der Waals surface area contributed by atoms with Crippen LogP contribution in [0.15, 0.2) is 36.4 Å². The molecule has 0 aliphatic heterocycles. The topological polar surface area (TPSA) is 38.0 Å². The number of rotatable bonds is 2. The normalized spacial score (nSPS) is 10.4. The molecule has 3 nitrogen and oxygen atoms in total. The van der Waals surface area contributed by atoms with Crippen molar-refractivity contribution in [1.29, 1.82) is 0 Å². The van der Waals surface area contributed by atoms with E-state index in [9.17, 15) is 5.11 Å². The highest BCUT2D eigenvalue weighted by Gasteiger charge is 2.06. The Balaban J connectivity index is 2.51. The molecular weight excluding hydrogens is 176 g/mol. The van der Waals surface area contributed by atoms with E-state index in [1.807, 2.05) is 37.3 Å².